The predicted octanol–water partition coefficient (Wildman–Crippen LogP) is 4.37. The molecule has 0 fully saturated rings. The van der Waals surface area contributed by atoms with Gasteiger partial charge in [0.25, 0.3) is 5.91 Å². The fourth-order valence-electron chi connectivity index (χ4n) is 2.73. The van der Waals surface area contributed by atoms with Crippen LogP contribution in [0.3, 0.4) is 0 Å². The molecule has 0 spiro atoms. The maximum absolute atomic E-state index is 12.8. The van der Waals surface area contributed by atoms with Crippen molar-refractivity contribution in [1.82, 2.24) is 15.1 Å². The van der Waals surface area contributed by atoms with Gasteiger partial charge < -0.3 is 5.32 Å². The van der Waals surface area contributed by atoms with Gasteiger partial charge in [-0.05, 0) is 37.3 Å². The minimum absolute atomic E-state index is 0.217. The van der Waals surface area contributed by atoms with Gasteiger partial charge in [-0.2, -0.15) is 5.10 Å². The van der Waals surface area contributed by atoms with Crippen LogP contribution in [0, 0.1) is 0 Å². The monoisotopic (exact) mass is 401 g/mol. The maximum Gasteiger partial charge on any atom is 0.252 e. The normalized spacial score (nSPS) is 10.6. The van der Waals surface area contributed by atoms with E-state index < -0.39 is 0 Å². The van der Waals surface area contributed by atoms with Gasteiger partial charge in [-0.1, -0.05) is 41.4 Å². The van der Waals surface area contributed by atoms with Gasteiger partial charge in [-0.15, -0.1) is 0 Å². The summed E-state index contributed by atoms with van der Waals surface area (Å²) in [6.45, 7) is 2.80. The molecule has 0 unspecified atom stereocenters. The number of carbonyl (C=O) groups excluding carboxylic acids is 2. The molecule has 0 saturated carbocycles. The molecular weight excluding hydrogens is 385 g/mol. The van der Waals surface area contributed by atoms with Crippen molar-refractivity contribution in [2.24, 2.45) is 0 Å². The van der Waals surface area contributed by atoms with Crippen molar-refractivity contribution in [1.29, 1.82) is 0 Å². The van der Waals surface area contributed by atoms with Crippen molar-refractivity contribution in [3.8, 4) is 0 Å². The Morgan fingerprint density at radius 1 is 1.04 bits per heavy atom. The third-order valence-corrected chi connectivity index (χ3v) is 4.70. The summed E-state index contributed by atoms with van der Waals surface area (Å²) in [5, 5.41) is 7.99. The Kier molecular flexibility index (Phi) is 5.94. The highest BCUT2D eigenvalue weighted by Gasteiger charge is 2.18. The second-order valence-electron chi connectivity index (χ2n) is 5.82. The van der Waals surface area contributed by atoms with Gasteiger partial charge in [0.15, 0.2) is 5.78 Å². The number of aromatic nitrogens is 2. The summed E-state index contributed by atoms with van der Waals surface area (Å²) in [7, 11) is 0. The second kappa shape index (κ2) is 8.37. The van der Waals surface area contributed by atoms with Crippen LogP contribution in [0.15, 0.2) is 54.7 Å². The highest BCUT2D eigenvalue weighted by Crippen LogP contribution is 2.18. The topological polar surface area (TPSA) is 64.0 Å². The molecular formula is C20H17Cl2N3O2. The molecule has 0 atom stereocenters. The Labute approximate surface area is 166 Å². The highest BCUT2D eigenvalue weighted by atomic mass is 35.5. The zero-order valence-corrected chi connectivity index (χ0v) is 16.1. The van der Waals surface area contributed by atoms with Crippen LogP contribution in [0.5, 0.6) is 0 Å². The molecule has 138 valence electrons. The first-order valence-corrected chi connectivity index (χ1v) is 9.14. The van der Waals surface area contributed by atoms with Gasteiger partial charge in [0.2, 0.25) is 0 Å². The fourth-order valence-corrected chi connectivity index (χ4v) is 3.07. The summed E-state index contributed by atoms with van der Waals surface area (Å²) in [5.74, 6) is -0.595. The van der Waals surface area contributed by atoms with Crippen LogP contribution in [0.1, 0.15) is 38.9 Å². The molecule has 7 heteroatoms. The molecule has 3 rings (SSSR count). The largest absolute Gasteiger partial charge is 0.346 e. The molecule has 0 radical (unpaired) electrons. The molecule has 0 bridgehead atoms. The molecule has 3 aromatic rings. The molecule has 5 nitrogen and oxygen atoms in total. The summed E-state index contributed by atoms with van der Waals surface area (Å²) >= 11 is 12.0. The lowest BCUT2D eigenvalue weighted by Crippen LogP contribution is -2.26. The molecule has 0 aliphatic carbocycles. The fraction of sp³-hybridized carbons (Fsp3) is 0.150. The van der Waals surface area contributed by atoms with Crippen LogP contribution >= 0.6 is 23.2 Å². The third kappa shape index (κ3) is 4.21. The lowest BCUT2D eigenvalue weighted by Gasteiger charge is -2.11. The number of rotatable bonds is 6. The molecule has 1 amide bonds. The number of carbonyl (C=O) groups is 2. The summed E-state index contributed by atoms with van der Waals surface area (Å²) < 4.78 is 1.72. The van der Waals surface area contributed by atoms with Crippen molar-refractivity contribution < 1.29 is 9.59 Å². The number of amides is 1. The third-order valence-electron chi connectivity index (χ3n) is 4.14. The number of aryl methyl sites for hydroxylation is 1. The molecule has 0 aliphatic heterocycles. The number of benzene rings is 2. The number of hydrogen-bond acceptors (Lipinski definition) is 3. The number of ketones is 1. The van der Waals surface area contributed by atoms with Gasteiger partial charge >= 0.3 is 0 Å². The number of hydrogen-bond donors (Lipinski definition) is 1. The first-order chi connectivity index (χ1) is 13.0. The molecule has 2 aromatic carbocycles. The standard InChI is InChI=1S/C20H17Cl2N3O2/c1-2-25-18(17(22)11-24-25)12-23-20(27)16-6-4-3-5-15(16)19(26)13-7-9-14(21)10-8-13/h3-11H,2,12H2,1H3,(H,23,27). The number of nitrogens with zero attached hydrogens (tertiary/aromatic N) is 2. The highest BCUT2D eigenvalue weighted by molar-refractivity contribution is 6.31. The van der Waals surface area contributed by atoms with E-state index in [9.17, 15) is 9.59 Å². The molecule has 1 heterocycles. The van der Waals surface area contributed by atoms with Crippen molar-refractivity contribution >= 4 is 34.9 Å². The summed E-state index contributed by atoms with van der Waals surface area (Å²) in [5.41, 5.74) is 1.81. The number of halogens is 2. The van der Waals surface area contributed by atoms with Crippen LogP contribution in [-0.2, 0) is 13.1 Å². The second-order valence-corrected chi connectivity index (χ2v) is 6.66. The van der Waals surface area contributed by atoms with E-state index >= 15 is 0 Å². The summed E-state index contributed by atoms with van der Waals surface area (Å²) in [6, 6.07) is 13.3. The Morgan fingerprint density at radius 3 is 2.37 bits per heavy atom. The molecule has 1 N–H and O–H groups in total. The first kappa shape index (κ1) is 19.1. The van der Waals surface area contributed by atoms with E-state index in [2.05, 4.69) is 10.4 Å². The van der Waals surface area contributed by atoms with Crippen molar-refractivity contribution in [3.05, 3.63) is 87.2 Å². The van der Waals surface area contributed by atoms with Crippen molar-refractivity contribution in [2.75, 3.05) is 0 Å². The summed E-state index contributed by atoms with van der Waals surface area (Å²) in [4.78, 5) is 25.5. The quantitative estimate of drug-likeness (QED) is 0.623. The van der Waals surface area contributed by atoms with Gasteiger partial charge in [0.05, 0.1) is 29.0 Å². The molecule has 0 saturated heterocycles. The van der Waals surface area contributed by atoms with Crippen LogP contribution in [0.2, 0.25) is 10.0 Å². The van der Waals surface area contributed by atoms with Gasteiger partial charge in [-0.3, -0.25) is 14.3 Å². The predicted molar refractivity (Wildman–Crippen MR) is 105 cm³/mol. The zero-order valence-electron chi connectivity index (χ0n) is 14.6. The minimum atomic E-state index is -0.354. The zero-order chi connectivity index (χ0) is 19.4. The Morgan fingerprint density at radius 2 is 1.70 bits per heavy atom. The van der Waals surface area contributed by atoms with Crippen molar-refractivity contribution in [2.45, 2.75) is 20.0 Å². The van der Waals surface area contributed by atoms with E-state index in [0.29, 0.717) is 39.0 Å². The van der Waals surface area contributed by atoms with Gasteiger partial charge in [0, 0.05) is 22.7 Å². The van der Waals surface area contributed by atoms with Crippen LogP contribution in [0.25, 0.3) is 0 Å². The van der Waals surface area contributed by atoms with E-state index in [1.165, 1.54) is 0 Å². The van der Waals surface area contributed by atoms with Crippen LogP contribution in [0.4, 0.5) is 0 Å². The van der Waals surface area contributed by atoms with Crippen LogP contribution in [-0.4, -0.2) is 21.5 Å². The van der Waals surface area contributed by atoms with Crippen LogP contribution < -0.4 is 5.32 Å². The van der Waals surface area contributed by atoms with E-state index in [1.54, 1.807) is 59.4 Å². The molecule has 0 aliphatic rings. The Hall–Kier alpha value is -2.63. The maximum atomic E-state index is 12.8. The average Bonchev–Trinajstić information content (AvgIpc) is 3.05. The Bertz CT molecular complexity index is 981. The smallest absolute Gasteiger partial charge is 0.252 e. The number of nitrogens with one attached hydrogen (secondary N) is 1. The SMILES string of the molecule is CCn1ncc(Cl)c1CNC(=O)c1ccccc1C(=O)c1ccc(Cl)cc1. The lowest BCUT2D eigenvalue weighted by atomic mass is 9.98. The van der Waals surface area contributed by atoms with Gasteiger partial charge in [-0.25, -0.2) is 0 Å². The minimum Gasteiger partial charge on any atom is -0.346 e. The van der Waals surface area contributed by atoms with Gasteiger partial charge in [0.1, 0.15) is 0 Å². The first-order valence-electron chi connectivity index (χ1n) is 8.39. The van der Waals surface area contributed by atoms with E-state index in [1.807, 2.05) is 6.92 Å². The average molecular weight is 402 g/mol. The Balaban J connectivity index is 1.82. The van der Waals surface area contributed by atoms with E-state index in [0.717, 1.165) is 0 Å². The lowest BCUT2D eigenvalue weighted by molar-refractivity contribution is 0.0939. The van der Waals surface area contributed by atoms with Crippen molar-refractivity contribution in [3.63, 3.8) is 0 Å². The summed E-state index contributed by atoms with van der Waals surface area (Å²) in [6.07, 6.45) is 1.55. The van der Waals surface area contributed by atoms with E-state index in [4.69, 9.17) is 23.2 Å². The molecule has 1 aromatic heterocycles. The van der Waals surface area contributed by atoms with E-state index in [-0.39, 0.29) is 18.2 Å². The molecule has 27 heavy (non-hydrogen) atoms.